The summed E-state index contributed by atoms with van der Waals surface area (Å²) >= 11 is 0. The van der Waals surface area contributed by atoms with Gasteiger partial charge in [-0.05, 0) is 18.4 Å². The number of aliphatic hydroxyl groups is 1. The monoisotopic (exact) mass is 224 g/mol. The van der Waals surface area contributed by atoms with E-state index in [1.54, 1.807) is 0 Å². The number of hydrogen-bond acceptors (Lipinski definition) is 3. The largest absolute Gasteiger partial charge is 0.481 e. The predicted octanol–water partition coefficient (Wildman–Crippen LogP) is 1.78. The molecule has 0 amide bonds. The Morgan fingerprint density at radius 3 is 2.62 bits per heavy atom. The summed E-state index contributed by atoms with van der Waals surface area (Å²) in [6.45, 7) is 0.342. The molecule has 0 aliphatic heterocycles. The van der Waals surface area contributed by atoms with Crippen molar-refractivity contribution in [2.75, 3.05) is 0 Å². The van der Waals surface area contributed by atoms with Crippen LogP contribution in [0.15, 0.2) is 30.3 Å². The van der Waals surface area contributed by atoms with Gasteiger partial charge >= 0.3 is 5.97 Å². The molecule has 0 aliphatic rings. The molecule has 4 nitrogen and oxygen atoms in total. The third-order valence-corrected chi connectivity index (χ3v) is 2.13. The van der Waals surface area contributed by atoms with Crippen molar-refractivity contribution in [3.63, 3.8) is 0 Å². The number of carboxylic acids is 1. The Kier molecular flexibility index (Phi) is 5.53. The Bertz CT molecular complexity index is 310. The molecule has 1 aromatic carbocycles. The second-order valence-electron chi connectivity index (χ2n) is 3.54. The van der Waals surface area contributed by atoms with Gasteiger partial charge in [0.1, 0.15) is 0 Å². The maximum absolute atomic E-state index is 10.2. The number of ether oxygens (including phenoxy) is 1. The highest BCUT2D eigenvalue weighted by molar-refractivity contribution is 5.66. The fourth-order valence-electron chi connectivity index (χ4n) is 1.28. The molecule has 0 spiro atoms. The molecule has 1 rings (SSSR count). The van der Waals surface area contributed by atoms with E-state index in [0.29, 0.717) is 19.4 Å². The molecule has 0 heterocycles. The first kappa shape index (κ1) is 12.7. The predicted molar refractivity (Wildman–Crippen MR) is 58.7 cm³/mol. The van der Waals surface area contributed by atoms with Crippen LogP contribution in [-0.4, -0.2) is 22.5 Å². The van der Waals surface area contributed by atoms with Crippen molar-refractivity contribution in [3.8, 4) is 0 Å². The highest BCUT2D eigenvalue weighted by Gasteiger charge is 2.05. The summed E-state index contributed by atoms with van der Waals surface area (Å²) < 4.78 is 5.17. The summed E-state index contributed by atoms with van der Waals surface area (Å²) in [6.07, 6.45) is -0.0598. The molecule has 88 valence electrons. The third-order valence-electron chi connectivity index (χ3n) is 2.13. The van der Waals surface area contributed by atoms with Crippen LogP contribution in [-0.2, 0) is 16.1 Å². The standard InChI is InChI=1S/C12H16O4/c13-11(14)7-4-8-12(15)16-9-10-5-2-1-3-6-10/h1-3,5-6,12,15H,4,7-9H2,(H,13,14). The number of rotatable bonds is 7. The fraction of sp³-hybridized carbons (Fsp3) is 0.417. The van der Waals surface area contributed by atoms with E-state index in [4.69, 9.17) is 9.84 Å². The Balaban J connectivity index is 2.15. The minimum atomic E-state index is -0.889. The van der Waals surface area contributed by atoms with Crippen molar-refractivity contribution in [1.82, 2.24) is 0 Å². The highest BCUT2D eigenvalue weighted by Crippen LogP contribution is 2.06. The average Bonchev–Trinajstić information content (AvgIpc) is 2.27. The number of carboxylic acid groups (broad SMARTS) is 1. The molecule has 4 heteroatoms. The summed E-state index contributed by atoms with van der Waals surface area (Å²) in [6, 6.07) is 9.52. The quantitative estimate of drug-likeness (QED) is 0.693. The molecule has 0 aliphatic carbocycles. The van der Waals surface area contributed by atoms with Gasteiger partial charge in [0.05, 0.1) is 6.61 Å². The molecule has 0 fully saturated rings. The van der Waals surface area contributed by atoms with Gasteiger partial charge in [-0.25, -0.2) is 0 Å². The lowest BCUT2D eigenvalue weighted by atomic mass is 10.2. The van der Waals surface area contributed by atoms with Gasteiger partial charge in [-0.1, -0.05) is 30.3 Å². The van der Waals surface area contributed by atoms with Gasteiger partial charge < -0.3 is 14.9 Å². The van der Waals surface area contributed by atoms with E-state index in [2.05, 4.69) is 0 Å². The van der Waals surface area contributed by atoms with Crippen LogP contribution in [0.3, 0.4) is 0 Å². The maximum atomic E-state index is 10.2. The number of hydrogen-bond donors (Lipinski definition) is 2. The summed E-state index contributed by atoms with van der Waals surface area (Å²) in [5.74, 6) is -0.852. The van der Waals surface area contributed by atoms with Gasteiger partial charge in [0.15, 0.2) is 6.29 Å². The topological polar surface area (TPSA) is 66.8 Å². The van der Waals surface area contributed by atoms with Crippen LogP contribution in [0.2, 0.25) is 0 Å². The molecule has 0 radical (unpaired) electrons. The molecule has 0 saturated carbocycles. The third kappa shape index (κ3) is 5.48. The average molecular weight is 224 g/mol. The van der Waals surface area contributed by atoms with Crippen molar-refractivity contribution in [2.24, 2.45) is 0 Å². The van der Waals surface area contributed by atoms with Crippen LogP contribution >= 0.6 is 0 Å². The number of carbonyl (C=O) groups is 1. The zero-order valence-corrected chi connectivity index (χ0v) is 9.00. The van der Waals surface area contributed by atoms with Crippen molar-refractivity contribution < 1.29 is 19.7 Å². The van der Waals surface area contributed by atoms with Gasteiger partial charge in [-0.3, -0.25) is 4.79 Å². The molecular formula is C12H16O4. The zero-order chi connectivity index (χ0) is 11.8. The molecule has 1 aromatic rings. The molecule has 2 N–H and O–H groups in total. The minimum absolute atomic E-state index is 0.0613. The molecule has 0 bridgehead atoms. The SMILES string of the molecule is O=C(O)CCCC(O)OCc1ccccc1. The second-order valence-corrected chi connectivity index (χ2v) is 3.54. The van der Waals surface area contributed by atoms with Crippen molar-refractivity contribution >= 4 is 5.97 Å². The van der Waals surface area contributed by atoms with Gasteiger partial charge in [-0.15, -0.1) is 0 Å². The lowest BCUT2D eigenvalue weighted by molar-refractivity contribution is -0.138. The zero-order valence-electron chi connectivity index (χ0n) is 9.00. The van der Waals surface area contributed by atoms with E-state index < -0.39 is 12.3 Å². The van der Waals surface area contributed by atoms with Crippen LogP contribution in [0.1, 0.15) is 24.8 Å². The maximum Gasteiger partial charge on any atom is 0.303 e. The van der Waals surface area contributed by atoms with Crippen molar-refractivity contribution in [2.45, 2.75) is 32.2 Å². The molecule has 1 unspecified atom stereocenters. The van der Waals surface area contributed by atoms with Crippen molar-refractivity contribution in [3.05, 3.63) is 35.9 Å². The molecule has 16 heavy (non-hydrogen) atoms. The summed E-state index contributed by atoms with van der Waals surface area (Å²) in [5, 5.41) is 17.8. The summed E-state index contributed by atoms with van der Waals surface area (Å²) in [5.41, 5.74) is 0.986. The van der Waals surface area contributed by atoms with Gasteiger partial charge in [0.2, 0.25) is 0 Å². The van der Waals surface area contributed by atoms with Crippen molar-refractivity contribution in [1.29, 1.82) is 0 Å². The minimum Gasteiger partial charge on any atom is -0.481 e. The molecule has 1 atom stereocenters. The highest BCUT2D eigenvalue weighted by atomic mass is 16.6. The van der Waals surface area contributed by atoms with Crippen LogP contribution in [0.5, 0.6) is 0 Å². The van der Waals surface area contributed by atoms with E-state index in [-0.39, 0.29) is 6.42 Å². The van der Waals surface area contributed by atoms with E-state index in [1.807, 2.05) is 30.3 Å². The van der Waals surface area contributed by atoms with E-state index >= 15 is 0 Å². The van der Waals surface area contributed by atoms with E-state index in [1.165, 1.54) is 0 Å². The van der Waals surface area contributed by atoms with Crippen LogP contribution in [0.4, 0.5) is 0 Å². The van der Waals surface area contributed by atoms with Gasteiger partial charge in [0, 0.05) is 6.42 Å². The van der Waals surface area contributed by atoms with Crippen LogP contribution in [0, 0.1) is 0 Å². The second kappa shape index (κ2) is 6.98. The summed E-state index contributed by atoms with van der Waals surface area (Å²) in [7, 11) is 0. The Morgan fingerprint density at radius 2 is 2.00 bits per heavy atom. The van der Waals surface area contributed by atoms with Crippen LogP contribution in [0.25, 0.3) is 0 Å². The Hall–Kier alpha value is -1.39. The Labute approximate surface area is 94.5 Å². The lowest BCUT2D eigenvalue weighted by Gasteiger charge is -2.11. The van der Waals surface area contributed by atoms with E-state index in [0.717, 1.165) is 5.56 Å². The first-order valence-corrected chi connectivity index (χ1v) is 5.24. The summed E-state index contributed by atoms with van der Waals surface area (Å²) in [4.78, 5) is 10.2. The molecule has 0 aromatic heterocycles. The van der Waals surface area contributed by atoms with Crippen LogP contribution < -0.4 is 0 Å². The molecular weight excluding hydrogens is 208 g/mol. The first-order valence-electron chi connectivity index (χ1n) is 5.24. The van der Waals surface area contributed by atoms with Gasteiger partial charge in [-0.2, -0.15) is 0 Å². The normalized spacial score (nSPS) is 12.3. The van der Waals surface area contributed by atoms with E-state index in [9.17, 15) is 9.90 Å². The first-order chi connectivity index (χ1) is 7.68. The smallest absolute Gasteiger partial charge is 0.303 e. The number of aliphatic hydroxyl groups excluding tert-OH is 1. The fourth-order valence-corrected chi connectivity index (χ4v) is 1.28. The molecule has 0 saturated heterocycles. The number of aliphatic carboxylic acids is 1. The van der Waals surface area contributed by atoms with Gasteiger partial charge in [0.25, 0.3) is 0 Å². The Morgan fingerprint density at radius 1 is 1.31 bits per heavy atom. The lowest BCUT2D eigenvalue weighted by Crippen LogP contribution is -2.12. The number of benzene rings is 1.